The summed E-state index contributed by atoms with van der Waals surface area (Å²) in [6.45, 7) is 1.74. The Hall–Kier alpha value is -1.13. The molecule has 3 nitrogen and oxygen atoms in total. The van der Waals surface area contributed by atoms with Crippen molar-refractivity contribution in [2.75, 3.05) is 25.1 Å². The van der Waals surface area contributed by atoms with Gasteiger partial charge in [0.05, 0.1) is 0 Å². The van der Waals surface area contributed by atoms with E-state index in [-0.39, 0.29) is 12.4 Å². The van der Waals surface area contributed by atoms with Gasteiger partial charge in [-0.1, -0.05) is 6.07 Å². The van der Waals surface area contributed by atoms with Crippen LogP contribution in [0.4, 0.5) is 10.1 Å². The van der Waals surface area contributed by atoms with Crippen molar-refractivity contribution in [3.05, 3.63) is 29.6 Å². The highest BCUT2D eigenvalue weighted by atomic mass is 19.1. The molecule has 1 aliphatic rings. The van der Waals surface area contributed by atoms with Gasteiger partial charge in [-0.25, -0.2) is 4.39 Å². The van der Waals surface area contributed by atoms with Crippen molar-refractivity contribution in [1.82, 2.24) is 5.32 Å². The summed E-state index contributed by atoms with van der Waals surface area (Å²) < 4.78 is 14.0. The van der Waals surface area contributed by atoms with Crippen molar-refractivity contribution >= 4 is 5.69 Å². The first-order valence-electron chi connectivity index (χ1n) is 7.55. The summed E-state index contributed by atoms with van der Waals surface area (Å²) in [6.07, 6.45) is 5.28. The molecule has 0 amide bonds. The van der Waals surface area contributed by atoms with Crippen LogP contribution in [0, 0.1) is 5.82 Å². The number of rotatable bonds is 9. The maximum absolute atomic E-state index is 14.0. The smallest absolute Gasteiger partial charge is 0.129 e. The summed E-state index contributed by atoms with van der Waals surface area (Å²) in [5, 5.41) is 12.2. The van der Waals surface area contributed by atoms with Crippen LogP contribution in [-0.2, 0) is 6.54 Å². The Morgan fingerprint density at radius 1 is 1.30 bits per heavy atom. The third kappa shape index (κ3) is 4.46. The van der Waals surface area contributed by atoms with Crippen molar-refractivity contribution in [3.8, 4) is 0 Å². The molecule has 20 heavy (non-hydrogen) atoms. The molecule has 1 aromatic rings. The summed E-state index contributed by atoms with van der Waals surface area (Å²) in [6, 6.07) is 5.87. The van der Waals surface area contributed by atoms with Gasteiger partial charge in [-0.15, -0.1) is 0 Å². The van der Waals surface area contributed by atoms with Crippen LogP contribution in [0.5, 0.6) is 0 Å². The Labute approximate surface area is 120 Å². The topological polar surface area (TPSA) is 35.5 Å². The van der Waals surface area contributed by atoms with Crippen LogP contribution in [0.25, 0.3) is 0 Å². The lowest BCUT2D eigenvalue weighted by atomic mass is 10.1. The third-order valence-electron chi connectivity index (χ3n) is 3.80. The number of hydrogen-bond acceptors (Lipinski definition) is 3. The second-order valence-electron chi connectivity index (χ2n) is 5.60. The molecule has 0 radical (unpaired) electrons. The van der Waals surface area contributed by atoms with Gasteiger partial charge in [0, 0.05) is 44.0 Å². The molecule has 0 atom stereocenters. The van der Waals surface area contributed by atoms with Crippen molar-refractivity contribution in [2.45, 2.75) is 44.7 Å². The molecule has 1 saturated carbocycles. The molecular formula is C16H25FN2O. The lowest BCUT2D eigenvalue weighted by Crippen LogP contribution is -2.23. The van der Waals surface area contributed by atoms with Gasteiger partial charge in [-0.2, -0.15) is 0 Å². The monoisotopic (exact) mass is 280 g/mol. The minimum Gasteiger partial charge on any atom is -0.396 e. The van der Waals surface area contributed by atoms with E-state index in [4.69, 9.17) is 5.11 Å². The summed E-state index contributed by atoms with van der Waals surface area (Å²) >= 11 is 0. The zero-order chi connectivity index (χ0) is 14.4. The van der Waals surface area contributed by atoms with E-state index >= 15 is 0 Å². The van der Waals surface area contributed by atoms with E-state index in [0.29, 0.717) is 12.6 Å². The summed E-state index contributed by atoms with van der Waals surface area (Å²) in [5.41, 5.74) is 1.74. The lowest BCUT2D eigenvalue weighted by Gasteiger charge is -2.23. The zero-order valence-electron chi connectivity index (χ0n) is 12.2. The van der Waals surface area contributed by atoms with E-state index in [0.717, 1.165) is 37.1 Å². The fourth-order valence-corrected chi connectivity index (χ4v) is 2.37. The van der Waals surface area contributed by atoms with Crippen LogP contribution in [0.3, 0.4) is 0 Å². The maximum atomic E-state index is 14.0. The maximum Gasteiger partial charge on any atom is 0.129 e. The first-order chi connectivity index (χ1) is 9.72. The molecule has 1 aromatic carbocycles. The van der Waals surface area contributed by atoms with Gasteiger partial charge in [0.15, 0.2) is 0 Å². The summed E-state index contributed by atoms with van der Waals surface area (Å²) in [4.78, 5) is 2.12. The van der Waals surface area contributed by atoms with Gasteiger partial charge in [0.25, 0.3) is 0 Å². The number of anilines is 1. The SMILES string of the molecule is CN(CCCCCO)c1cccc(F)c1CNC1CC1. The van der Waals surface area contributed by atoms with Gasteiger partial charge >= 0.3 is 0 Å². The molecular weight excluding hydrogens is 255 g/mol. The minimum atomic E-state index is -0.127. The quantitative estimate of drug-likeness (QED) is 0.683. The normalized spacial score (nSPS) is 14.6. The van der Waals surface area contributed by atoms with Crippen LogP contribution in [0.15, 0.2) is 18.2 Å². The molecule has 0 spiro atoms. The number of hydrogen-bond donors (Lipinski definition) is 2. The Morgan fingerprint density at radius 2 is 2.10 bits per heavy atom. The van der Waals surface area contributed by atoms with Crippen LogP contribution in [-0.4, -0.2) is 31.3 Å². The van der Waals surface area contributed by atoms with Gasteiger partial charge in [-0.05, 0) is 44.2 Å². The Balaban J connectivity index is 1.95. The van der Waals surface area contributed by atoms with E-state index < -0.39 is 0 Å². The molecule has 1 aliphatic carbocycles. The first kappa shape index (κ1) is 15.3. The largest absolute Gasteiger partial charge is 0.396 e. The van der Waals surface area contributed by atoms with Crippen molar-refractivity contribution in [1.29, 1.82) is 0 Å². The van der Waals surface area contributed by atoms with Crippen LogP contribution in [0.2, 0.25) is 0 Å². The number of unbranched alkanes of at least 4 members (excludes halogenated alkanes) is 2. The molecule has 2 N–H and O–H groups in total. The average molecular weight is 280 g/mol. The van der Waals surface area contributed by atoms with Crippen molar-refractivity contribution in [3.63, 3.8) is 0 Å². The van der Waals surface area contributed by atoms with E-state index in [1.54, 1.807) is 6.07 Å². The molecule has 0 aromatic heterocycles. The molecule has 0 heterocycles. The van der Waals surface area contributed by atoms with Crippen molar-refractivity contribution in [2.24, 2.45) is 0 Å². The third-order valence-corrected chi connectivity index (χ3v) is 3.80. The highest BCUT2D eigenvalue weighted by Crippen LogP contribution is 2.25. The number of aliphatic hydroxyl groups is 1. The second-order valence-corrected chi connectivity index (χ2v) is 5.60. The molecule has 4 heteroatoms. The van der Waals surface area contributed by atoms with Gasteiger partial charge in [-0.3, -0.25) is 0 Å². The molecule has 0 aliphatic heterocycles. The molecule has 0 unspecified atom stereocenters. The second kappa shape index (κ2) is 7.60. The fraction of sp³-hybridized carbons (Fsp3) is 0.625. The minimum absolute atomic E-state index is 0.127. The van der Waals surface area contributed by atoms with E-state index in [9.17, 15) is 4.39 Å². The highest BCUT2D eigenvalue weighted by Gasteiger charge is 2.21. The highest BCUT2D eigenvalue weighted by molar-refractivity contribution is 5.53. The Morgan fingerprint density at radius 3 is 2.80 bits per heavy atom. The zero-order valence-corrected chi connectivity index (χ0v) is 12.2. The van der Waals surface area contributed by atoms with E-state index in [1.807, 2.05) is 13.1 Å². The number of nitrogens with zero attached hydrogens (tertiary/aromatic N) is 1. The summed E-state index contributed by atoms with van der Waals surface area (Å²) in [5.74, 6) is -0.127. The fourth-order valence-electron chi connectivity index (χ4n) is 2.37. The molecule has 0 bridgehead atoms. The lowest BCUT2D eigenvalue weighted by molar-refractivity contribution is 0.283. The first-order valence-corrected chi connectivity index (χ1v) is 7.55. The van der Waals surface area contributed by atoms with Crippen molar-refractivity contribution < 1.29 is 9.50 Å². The number of aliphatic hydroxyl groups excluding tert-OH is 1. The standard InChI is InChI=1S/C16H25FN2O/c1-19(10-3-2-4-11-20)16-7-5-6-15(17)14(16)12-18-13-8-9-13/h5-7,13,18,20H,2-4,8-12H2,1H3. The number of nitrogens with one attached hydrogen (secondary N) is 1. The Kier molecular flexibility index (Phi) is 5.80. The van der Waals surface area contributed by atoms with Crippen LogP contribution in [0.1, 0.15) is 37.7 Å². The average Bonchev–Trinajstić information content (AvgIpc) is 3.26. The van der Waals surface area contributed by atoms with Gasteiger partial charge in [0.1, 0.15) is 5.82 Å². The van der Waals surface area contributed by atoms with Gasteiger partial charge in [0.2, 0.25) is 0 Å². The predicted octanol–water partition coefficient (Wildman–Crippen LogP) is 2.68. The summed E-state index contributed by atoms with van der Waals surface area (Å²) in [7, 11) is 2.01. The van der Waals surface area contributed by atoms with Crippen LogP contribution < -0.4 is 10.2 Å². The van der Waals surface area contributed by atoms with E-state index in [2.05, 4.69) is 10.2 Å². The predicted molar refractivity (Wildman–Crippen MR) is 80.5 cm³/mol. The molecule has 2 rings (SSSR count). The molecule has 112 valence electrons. The molecule has 1 fully saturated rings. The van der Waals surface area contributed by atoms with Crippen LogP contribution >= 0.6 is 0 Å². The number of halogens is 1. The molecule has 0 saturated heterocycles. The van der Waals surface area contributed by atoms with E-state index in [1.165, 1.54) is 18.9 Å². The van der Waals surface area contributed by atoms with Gasteiger partial charge < -0.3 is 15.3 Å². The number of benzene rings is 1. The Bertz CT molecular complexity index is 421.